The van der Waals surface area contributed by atoms with E-state index in [0.29, 0.717) is 18.1 Å². The number of imide groups is 2. The molecule has 4 amide bonds. The summed E-state index contributed by atoms with van der Waals surface area (Å²) in [6, 6.07) is 10.7. The lowest BCUT2D eigenvalue weighted by Gasteiger charge is -2.22. The number of benzene rings is 1. The Labute approximate surface area is 201 Å². The van der Waals surface area contributed by atoms with Gasteiger partial charge in [0.2, 0.25) is 0 Å². The van der Waals surface area contributed by atoms with Gasteiger partial charge in [-0.3, -0.25) is 24.1 Å². The fraction of sp³-hybridized carbons (Fsp3) is 0.304. The molecule has 3 heterocycles. The van der Waals surface area contributed by atoms with Crippen molar-refractivity contribution in [3.8, 4) is 0 Å². The maximum absolute atomic E-state index is 12.8. The zero-order valence-corrected chi connectivity index (χ0v) is 20.2. The molecule has 0 radical (unpaired) electrons. The minimum Gasteiger partial charge on any atom is -0.284 e. The maximum Gasteiger partial charge on any atom is 0.335 e. The van der Waals surface area contributed by atoms with Crippen LogP contribution in [-0.4, -0.2) is 56.0 Å². The Kier molecular flexibility index (Phi) is 6.64. The second kappa shape index (κ2) is 9.46. The van der Waals surface area contributed by atoms with Gasteiger partial charge in [0.15, 0.2) is 0 Å². The smallest absolute Gasteiger partial charge is 0.284 e. The third-order valence-corrected chi connectivity index (χ3v) is 6.88. The first kappa shape index (κ1) is 23.2. The molecule has 10 heteroatoms. The Morgan fingerprint density at radius 1 is 1.00 bits per heavy atom. The Hall–Kier alpha value is -3.01. The normalized spacial score (nSPS) is 14.3. The van der Waals surface area contributed by atoms with Crippen molar-refractivity contribution >= 4 is 40.8 Å². The number of hydrogen-bond donors (Lipinski definition) is 0. The highest BCUT2D eigenvalue weighted by Gasteiger charge is 2.44. The van der Waals surface area contributed by atoms with E-state index in [0.717, 1.165) is 37.2 Å². The quantitative estimate of drug-likeness (QED) is 0.359. The van der Waals surface area contributed by atoms with Crippen molar-refractivity contribution in [1.29, 1.82) is 0 Å². The molecule has 3 aromatic rings. The number of carbonyl (C=O) groups excluding carboxylic acids is 3. The molecule has 0 bridgehead atoms. The van der Waals surface area contributed by atoms with Crippen LogP contribution in [0.25, 0.3) is 0 Å². The predicted molar refractivity (Wildman–Crippen MR) is 126 cm³/mol. The molecule has 2 aromatic heterocycles. The second-order valence-electron chi connectivity index (χ2n) is 8.04. The summed E-state index contributed by atoms with van der Waals surface area (Å²) < 4.78 is 1.90. The molecule has 0 unspecified atom stereocenters. The largest absolute Gasteiger partial charge is 0.335 e. The number of halogens is 1. The predicted octanol–water partition coefficient (Wildman–Crippen LogP) is 3.64. The molecular weight excluding hydrogens is 462 g/mol. The van der Waals surface area contributed by atoms with Crippen LogP contribution >= 0.6 is 22.9 Å². The van der Waals surface area contributed by atoms with E-state index in [1.54, 1.807) is 7.05 Å². The number of aryl methyl sites for hydroxylation is 1. The number of amides is 4. The summed E-state index contributed by atoms with van der Waals surface area (Å²) in [5.41, 5.74) is 3.82. The van der Waals surface area contributed by atoms with Crippen LogP contribution in [0, 0.1) is 13.8 Å². The van der Waals surface area contributed by atoms with Crippen molar-refractivity contribution in [2.45, 2.75) is 33.5 Å². The number of aromatic nitrogens is 2. The van der Waals surface area contributed by atoms with E-state index < -0.39 is 17.8 Å². The van der Waals surface area contributed by atoms with E-state index in [4.69, 9.17) is 11.6 Å². The van der Waals surface area contributed by atoms with Gasteiger partial charge in [-0.05, 0) is 44.0 Å². The molecule has 0 spiro atoms. The third kappa shape index (κ3) is 4.71. The fourth-order valence-electron chi connectivity index (χ4n) is 3.84. The minimum absolute atomic E-state index is 0.0128. The van der Waals surface area contributed by atoms with Crippen LogP contribution in [-0.2, 0) is 29.2 Å². The highest BCUT2D eigenvalue weighted by Crippen LogP contribution is 2.22. The van der Waals surface area contributed by atoms with Gasteiger partial charge in [-0.15, -0.1) is 11.3 Å². The van der Waals surface area contributed by atoms with Crippen molar-refractivity contribution in [2.24, 2.45) is 0 Å². The van der Waals surface area contributed by atoms with Gasteiger partial charge in [0, 0.05) is 27.7 Å². The zero-order chi connectivity index (χ0) is 23.7. The molecule has 8 nitrogen and oxygen atoms in total. The lowest BCUT2D eigenvalue weighted by atomic mass is 10.2. The van der Waals surface area contributed by atoms with Crippen LogP contribution < -0.4 is 0 Å². The van der Waals surface area contributed by atoms with Crippen molar-refractivity contribution in [1.82, 2.24) is 24.5 Å². The molecule has 1 saturated heterocycles. The van der Waals surface area contributed by atoms with Gasteiger partial charge in [0.25, 0.3) is 0 Å². The fourth-order valence-corrected chi connectivity index (χ4v) is 4.73. The van der Waals surface area contributed by atoms with Crippen molar-refractivity contribution < 1.29 is 14.4 Å². The van der Waals surface area contributed by atoms with Gasteiger partial charge in [-0.2, -0.15) is 5.10 Å². The van der Waals surface area contributed by atoms with Gasteiger partial charge < -0.3 is 0 Å². The van der Waals surface area contributed by atoms with Crippen LogP contribution in [0.2, 0.25) is 5.02 Å². The average molecular weight is 486 g/mol. The standard InChI is InChI=1S/C23H24ClN5O3S/c1-15-19(16(2)29(25-15)11-17-7-4-5-9-20(17)24)13-26(3)14-28-22(31)21(30)27(23(28)32)12-18-8-6-10-33-18/h4-10H,11-14H2,1-3H3. The van der Waals surface area contributed by atoms with Gasteiger partial charge in [-0.1, -0.05) is 35.9 Å². The SMILES string of the molecule is Cc1nn(Cc2ccccc2Cl)c(C)c1CN(C)CN1C(=O)C(=O)N(Cc2cccs2)C1=O. The third-order valence-electron chi connectivity index (χ3n) is 5.65. The van der Waals surface area contributed by atoms with Crippen LogP contribution in [0.1, 0.15) is 27.4 Å². The summed E-state index contributed by atoms with van der Waals surface area (Å²) >= 11 is 7.73. The molecule has 4 rings (SSSR count). The van der Waals surface area contributed by atoms with Crippen LogP contribution in [0.15, 0.2) is 41.8 Å². The average Bonchev–Trinajstić information content (AvgIpc) is 3.44. The molecule has 172 valence electrons. The van der Waals surface area contributed by atoms with Crippen molar-refractivity contribution in [2.75, 3.05) is 13.7 Å². The summed E-state index contributed by atoms with van der Waals surface area (Å²) in [4.78, 5) is 42.3. The molecule has 1 aliphatic rings. The van der Waals surface area contributed by atoms with Gasteiger partial charge in [0.1, 0.15) is 0 Å². The molecular formula is C23H24ClN5O3S. The topological polar surface area (TPSA) is 78.8 Å². The summed E-state index contributed by atoms with van der Waals surface area (Å²) in [5.74, 6) is -1.59. The molecule has 0 aliphatic carbocycles. The second-order valence-corrected chi connectivity index (χ2v) is 9.48. The van der Waals surface area contributed by atoms with Gasteiger partial charge in [-0.25, -0.2) is 9.69 Å². The number of urea groups is 1. The zero-order valence-electron chi connectivity index (χ0n) is 18.6. The summed E-state index contributed by atoms with van der Waals surface area (Å²) in [6.45, 7) is 5.05. The molecule has 0 atom stereocenters. The monoisotopic (exact) mass is 485 g/mol. The number of rotatable bonds is 8. The lowest BCUT2D eigenvalue weighted by Crippen LogP contribution is -2.40. The minimum atomic E-state index is -0.800. The molecule has 1 fully saturated rings. The maximum atomic E-state index is 12.8. The summed E-state index contributed by atoms with van der Waals surface area (Å²) in [6.07, 6.45) is 0. The summed E-state index contributed by atoms with van der Waals surface area (Å²) in [5, 5.41) is 7.20. The first-order valence-corrected chi connectivity index (χ1v) is 11.7. The van der Waals surface area contributed by atoms with E-state index in [1.165, 1.54) is 11.3 Å². The van der Waals surface area contributed by atoms with Gasteiger partial charge in [0.05, 0.1) is 25.5 Å². The first-order valence-electron chi connectivity index (χ1n) is 10.4. The van der Waals surface area contributed by atoms with Crippen LogP contribution in [0.4, 0.5) is 4.79 Å². The molecule has 33 heavy (non-hydrogen) atoms. The van der Waals surface area contributed by atoms with Crippen LogP contribution in [0.5, 0.6) is 0 Å². The highest BCUT2D eigenvalue weighted by atomic mass is 35.5. The Morgan fingerprint density at radius 3 is 2.42 bits per heavy atom. The van der Waals surface area contributed by atoms with E-state index >= 15 is 0 Å². The summed E-state index contributed by atoms with van der Waals surface area (Å²) in [7, 11) is 1.80. The Bertz CT molecular complexity index is 1210. The molecule has 0 N–H and O–H groups in total. The number of hydrogen-bond acceptors (Lipinski definition) is 6. The van der Waals surface area contributed by atoms with Crippen molar-refractivity contribution in [3.05, 3.63) is 74.2 Å². The van der Waals surface area contributed by atoms with E-state index in [2.05, 4.69) is 5.10 Å². The molecule has 1 aliphatic heterocycles. The lowest BCUT2D eigenvalue weighted by molar-refractivity contribution is -0.144. The number of carbonyl (C=O) groups is 3. The molecule has 1 aromatic carbocycles. The van der Waals surface area contributed by atoms with E-state index in [9.17, 15) is 14.4 Å². The Balaban J connectivity index is 1.44. The number of thiophene rings is 1. The highest BCUT2D eigenvalue weighted by molar-refractivity contribution is 7.09. The van der Waals surface area contributed by atoms with E-state index in [-0.39, 0.29) is 13.2 Å². The van der Waals surface area contributed by atoms with Gasteiger partial charge >= 0.3 is 17.8 Å². The first-order chi connectivity index (χ1) is 15.8. The number of nitrogens with zero attached hydrogens (tertiary/aromatic N) is 5. The Morgan fingerprint density at radius 2 is 1.73 bits per heavy atom. The molecule has 0 saturated carbocycles. The van der Waals surface area contributed by atoms with Crippen molar-refractivity contribution in [3.63, 3.8) is 0 Å². The van der Waals surface area contributed by atoms with Crippen LogP contribution in [0.3, 0.4) is 0 Å². The van der Waals surface area contributed by atoms with E-state index in [1.807, 2.05) is 65.2 Å².